The smallest absolute Gasteiger partial charge is 0.126 e. The third kappa shape index (κ3) is 3.84. The van der Waals surface area contributed by atoms with Crippen LogP contribution in [0.25, 0.3) is 63.8 Å². The first-order valence-corrected chi connectivity index (χ1v) is 13.0. The van der Waals surface area contributed by atoms with E-state index in [9.17, 15) is 0 Å². The zero-order chi connectivity index (χ0) is 23.9. The van der Waals surface area contributed by atoms with E-state index in [2.05, 4.69) is 45.3 Å². The number of hydrogen-bond donors (Lipinski definition) is 0. The van der Waals surface area contributed by atoms with Crippen molar-refractivity contribution in [2.24, 2.45) is 0 Å². The third-order valence-electron chi connectivity index (χ3n) is 5.96. The van der Waals surface area contributed by atoms with E-state index in [1.165, 1.54) is 9.40 Å². The second-order valence-corrected chi connectivity index (χ2v) is 10.4. The average molecular weight is 500 g/mol. The van der Waals surface area contributed by atoms with Gasteiger partial charge in [-0.2, -0.15) is 0 Å². The van der Waals surface area contributed by atoms with E-state index in [1.807, 2.05) is 73.6 Å². The van der Waals surface area contributed by atoms with Crippen LogP contribution in [0.15, 0.2) is 104 Å². The molecule has 5 nitrogen and oxygen atoms in total. The Kier molecular flexibility index (Phi) is 5.08. The van der Waals surface area contributed by atoms with Crippen LogP contribution in [0.4, 0.5) is 0 Å². The first-order valence-electron chi connectivity index (χ1n) is 11.4. The van der Waals surface area contributed by atoms with Crippen molar-refractivity contribution in [1.29, 1.82) is 0 Å². The Morgan fingerprint density at radius 2 is 0.778 bits per heavy atom. The molecule has 170 valence electrons. The molecule has 0 saturated heterocycles. The van der Waals surface area contributed by atoms with Gasteiger partial charge in [-0.1, -0.05) is 24.3 Å². The summed E-state index contributed by atoms with van der Waals surface area (Å²) in [6.07, 6.45) is 11.2. The molecule has 0 radical (unpaired) electrons. The van der Waals surface area contributed by atoms with Gasteiger partial charge in [0.1, 0.15) is 10.0 Å². The van der Waals surface area contributed by atoms with Gasteiger partial charge in [-0.25, -0.2) is 9.97 Å². The molecular formula is C29H17N5S2. The second kappa shape index (κ2) is 8.71. The van der Waals surface area contributed by atoms with Crippen LogP contribution in [0.2, 0.25) is 0 Å². The lowest BCUT2D eigenvalue weighted by Crippen LogP contribution is -1.88. The molecule has 5 heterocycles. The van der Waals surface area contributed by atoms with Gasteiger partial charge in [-0.15, -0.1) is 22.7 Å². The van der Waals surface area contributed by atoms with Crippen LogP contribution in [0.5, 0.6) is 0 Å². The van der Waals surface area contributed by atoms with Crippen molar-refractivity contribution >= 4 is 43.1 Å². The van der Waals surface area contributed by atoms with Crippen molar-refractivity contribution < 1.29 is 0 Å². The summed E-state index contributed by atoms with van der Waals surface area (Å²) < 4.78 is 2.34. The zero-order valence-corrected chi connectivity index (χ0v) is 20.5. The average Bonchev–Trinajstić information content (AvgIpc) is 3.58. The molecule has 7 heteroatoms. The molecule has 0 atom stereocenters. The lowest BCUT2D eigenvalue weighted by atomic mass is 10.0. The second-order valence-electron chi connectivity index (χ2n) is 8.36. The van der Waals surface area contributed by atoms with Gasteiger partial charge < -0.3 is 0 Å². The minimum absolute atomic E-state index is 0.961. The number of aromatic nitrogens is 5. The molecule has 5 aromatic heterocycles. The van der Waals surface area contributed by atoms with Crippen LogP contribution in [-0.4, -0.2) is 24.9 Å². The standard InChI is InChI=1S/C29H17N5S2/c1-3-7-26-24(5-1)33-28(35-26)22-10-20(14-31-16-22)18-9-19(13-30-12-18)21-11-23(17-32-15-21)29-34-25-6-2-4-8-27(25)36-29/h1-17H. The molecule has 7 aromatic rings. The maximum atomic E-state index is 4.79. The predicted molar refractivity (Wildman–Crippen MR) is 148 cm³/mol. The number of fused-ring (bicyclic) bond motifs is 2. The molecule has 0 fully saturated rings. The summed E-state index contributed by atoms with van der Waals surface area (Å²) >= 11 is 3.35. The number of rotatable bonds is 4. The Hall–Kier alpha value is -4.33. The summed E-state index contributed by atoms with van der Waals surface area (Å²) in [6.45, 7) is 0. The van der Waals surface area contributed by atoms with Crippen molar-refractivity contribution in [3.8, 4) is 43.4 Å². The molecular weight excluding hydrogens is 482 g/mol. The highest BCUT2D eigenvalue weighted by Gasteiger charge is 2.11. The van der Waals surface area contributed by atoms with Crippen molar-refractivity contribution in [3.05, 3.63) is 104 Å². The fourth-order valence-electron chi connectivity index (χ4n) is 4.18. The van der Waals surface area contributed by atoms with Gasteiger partial charge in [0.2, 0.25) is 0 Å². The summed E-state index contributed by atoms with van der Waals surface area (Å²) in [5, 5.41) is 1.92. The number of benzene rings is 2. The van der Waals surface area contributed by atoms with Crippen molar-refractivity contribution in [3.63, 3.8) is 0 Å². The molecule has 0 N–H and O–H groups in total. The molecule has 2 aromatic carbocycles. The fourth-order valence-corrected chi connectivity index (χ4v) is 6.07. The van der Waals surface area contributed by atoms with E-state index >= 15 is 0 Å². The minimum atomic E-state index is 0.961. The molecule has 0 aliphatic rings. The number of nitrogens with zero attached hydrogens (tertiary/aromatic N) is 5. The number of pyridine rings is 3. The highest BCUT2D eigenvalue weighted by molar-refractivity contribution is 7.22. The van der Waals surface area contributed by atoms with Crippen molar-refractivity contribution in [1.82, 2.24) is 24.9 Å². The number of thiazole rings is 2. The summed E-state index contributed by atoms with van der Waals surface area (Å²) in [7, 11) is 0. The van der Waals surface area contributed by atoms with Gasteiger partial charge in [0.05, 0.1) is 20.4 Å². The van der Waals surface area contributed by atoms with Crippen LogP contribution < -0.4 is 0 Å². The molecule has 0 amide bonds. The Morgan fingerprint density at radius 1 is 0.417 bits per heavy atom. The van der Waals surface area contributed by atoms with Gasteiger partial charge in [-0.3, -0.25) is 15.0 Å². The topological polar surface area (TPSA) is 64.5 Å². The van der Waals surface area contributed by atoms with E-state index in [1.54, 1.807) is 22.7 Å². The van der Waals surface area contributed by atoms with Crippen LogP contribution in [0, 0.1) is 0 Å². The summed E-state index contributed by atoms with van der Waals surface area (Å²) in [5.41, 5.74) is 7.99. The lowest BCUT2D eigenvalue weighted by molar-refractivity contribution is 1.28. The molecule has 36 heavy (non-hydrogen) atoms. The first kappa shape index (κ1) is 21.0. The van der Waals surface area contributed by atoms with E-state index in [0.29, 0.717) is 0 Å². The molecule has 0 saturated carbocycles. The molecule has 0 aliphatic carbocycles. The number of hydrogen-bond acceptors (Lipinski definition) is 7. The van der Waals surface area contributed by atoms with E-state index in [0.717, 1.165) is 54.4 Å². The van der Waals surface area contributed by atoms with Gasteiger partial charge in [-0.05, 0) is 42.5 Å². The molecule has 0 spiro atoms. The Bertz CT molecular complexity index is 1670. The van der Waals surface area contributed by atoms with Gasteiger partial charge in [0, 0.05) is 70.6 Å². The largest absolute Gasteiger partial charge is 0.263 e. The van der Waals surface area contributed by atoms with Crippen LogP contribution in [-0.2, 0) is 0 Å². The van der Waals surface area contributed by atoms with Crippen LogP contribution >= 0.6 is 22.7 Å². The SMILES string of the molecule is c1ccc2sc(-c3cncc(-c4cncc(-c5cncc(-c6nc7ccccc7s6)c5)c4)c3)nc2c1. The Labute approximate surface area is 214 Å². The van der Waals surface area contributed by atoms with E-state index < -0.39 is 0 Å². The highest BCUT2D eigenvalue weighted by Crippen LogP contribution is 2.34. The maximum absolute atomic E-state index is 4.79. The summed E-state index contributed by atoms with van der Waals surface area (Å²) in [6, 6.07) is 22.8. The van der Waals surface area contributed by atoms with Crippen LogP contribution in [0.3, 0.4) is 0 Å². The van der Waals surface area contributed by atoms with Crippen molar-refractivity contribution in [2.45, 2.75) is 0 Å². The number of para-hydroxylation sites is 2. The van der Waals surface area contributed by atoms with Crippen LogP contribution in [0.1, 0.15) is 0 Å². The summed E-state index contributed by atoms with van der Waals surface area (Å²) in [5.74, 6) is 0. The van der Waals surface area contributed by atoms with E-state index in [-0.39, 0.29) is 0 Å². The molecule has 7 rings (SSSR count). The van der Waals surface area contributed by atoms with Gasteiger partial charge in [0.15, 0.2) is 0 Å². The first-order chi connectivity index (χ1) is 17.8. The zero-order valence-electron chi connectivity index (χ0n) is 18.9. The minimum Gasteiger partial charge on any atom is -0.263 e. The third-order valence-corrected chi connectivity index (χ3v) is 8.13. The lowest BCUT2D eigenvalue weighted by Gasteiger charge is -2.07. The monoisotopic (exact) mass is 499 g/mol. The maximum Gasteiger partial charge on any atom is 0.126 e. The predicted octanol–water partition coefficient (Wildman–Crippen LogP) is 7.76. The van der Waals surface area contributed by atoms with E-state index in [4.69, 9.17) is 9.97 Å². The summed E-state index contributed by atoms with van der Waals surface area (Å²) in [4.78, 5) is 23.1. The Balaban J connectivity index is 1.24. The van der Waals surface area contributed by atoms with Gasteiger partial charge in [0.25, 0.3) is 0 Å². The normalized spacial score (nSPS) is 11.3. The molecule has 0 aliphatic heterocycles. The molecule has 0 unspecified atom stereocenters. The van der Waals surface area contributed by atoms with Crippen molar-refractivity contribution in [2.75, 3.05) is 0 Å². The quantitative estimate of drug-likeness (QED) is 0.248. The highest BCUT2D eigenvalue weighted by atomic mass is 32.1. The Morgan fingerprint density at radius 3 is 1.19 bits per heavy atom. The molecule has 0 bridgehead atoms. The fraction of sp³-hybridized carbons (Fsp3) is 0. The van der Waals surface area contributed by atoms with Gasteiger partial charge >= 0.3 is 0 Å².